The zero-order valence-corrected chi connectivity index (χ0v) is 14.3. The molecule has 3 unspecified atom stereocenters. The summed E-state index contributed by atoms with van der Waals surface area (Å²) in [7, 11) is 1.80. The number of piperidine rings is 1. The predicted octanol–water partition coefficient (Wildman–Crippen LogP) is 4.16. The van der Waals surface area contributed by atoms with Crippen LogP contribution in [0, 0.1) is 5.92 Å². The number of methoxy groups -OCH3 is 1. The van der Waals surface area contributed by atoms with Gasteiger partial charge in [-0.3, -0.25) is 4.90 Å². The maximum atomic E-state index is 5.54. The summed E-state index contributed by atoms with van der Waals surface area (Å²) in [6.45, 7) is 6.02. The molecule has 2 fully saturated rings. The van der Waals surface area contributed by atoms with E-state index < -0.39 is 0 Å². The Morgan fingerprint density at radius 2 is 2.09 bits per heavy atom. The largest absolute Gasteiger partial charge is 0.497 e. The third kappa shape index (κ3) is 1.96. The molecule has 0 radical (unpaired) electrons. The Kier molecular flexibility index (Phi) is 3.48. The zero-order valence-electron chi connectivity index (χ0n) is 14.3. The standard InChI is InChI=1S/C20H29NO/c1-14(2)21-11-10-20-9-5-4-6-17(20)19(21)12-15-7-8-16(22-3)13-18(15)20/h7-8,13-14,17,19H,4-6,9-12H2,1-3H3. The van der Waals surface area contributed by atoms with Gasteiger partial charge in [0.05, 0.1) is 7.11 Å². The van der Waals surface area contributed by atoms with Crippen molar-refractivity contribution >= 4 is 0 Å². The van der Waals surface area contributed by atoms with Crippen LogP contribution in [0.15, 0.2) is 18.2 Å². The van der Waals surface area contributed by atoms with Crippen molar-refractivity contribution < 1.29 is 4.74 Å². The van der Waals surface area contributed by atoms with Gasteiger partial charge in [-0.1, -0.05) is 18.9 Å². The molecule has 3 aliphatic rings. The van der Waals surface area contributed by atoms with Crippen molar-refractivity contribution in [1.29, 1.82) is 0 Å². The van der Waals surface area contributed by atoms with Crippen LogP contribution in [0.5, 0.6) is 5.75 Å². The molecule has 0 amide bonds. The summed E-state index contributed by atoms with van der Waals surface area (Å²) in [6.07, 6.45) is 8.22. The number of hydrogen-bond acceptors (Lipinski definition) is 2. The van der Waals surface area contributed by atoms with Crippen molar-refractivity contribution in [3.8, 4) is 5.75 Å². The molecule has 1 heterocycles. The van der Waals surface area contributed by atoms with Crippen LogP contribution in [0.4, 0.5) is 0 Å². The Morgan fingerprint density at radius 1 is 1.23 bits per heavy atom. The first-order valence-corrected chi connectivity index (χ1v) is 9.09. The number of fused-ring (bicyclic) bond motifs is 1. The van der Waals surface area contributed by atoms with E-state index in [1.807, 2.05) is 0 Å². The van der Waals surface area contributed by atoms with Gasteiger partial charge in [-0.2, -0.15) is 0 Å². The van der Waals surface area contributed by atoms with Gasteiger partial charge in [0.25, 0.3) is 0 Å². The normalized spacial score (nSPS) is 34.2. The third-order valence-electron chi connectivity index (χ3n) is 6.75. The lowest BCUT2D eigenvalue weighted by Crippen LogP contribution is -2.62. The molecule has 3 atom stereocenters. The van der Waals surface area contributed by atoms with Crippen LogP contribution in [0.25, 0.3) is 0 Å². The minimum atomic E-state index is 0.441. The van der Waals surface area contributed by atoms with E-state index in [0.717, 1.165) is 17.7 Å². The van der Waals surface area contributed by atoms with Gasteiger partial charge in [0.1, 0.15) is 5.75 Å². The monoisotopic (exact) mass is 299 g/mol. The molecule has 1 aromatic rings. The van der Waals surface area contributed by atoms with E-state index in [1.54, 1.807) is 18.2 Å². The number of rotatable bonds is 2. The van der Waals surface area contributed by atoms with E-state index in [1.165, 1.54) is 45.1 Å². The molecule has 1 aromatic carbocycles. The minimum Gasteiger partial charge on any atom is -0.497 e. The van der Waals surface area contributed by atoms with Crippen LogP contribution < -0.4 is 4.74 Å². The molecule has 0 aromatic heterocycles. The Morgan fingerprint density at radius 3 is 2.86 bits per heavy atom. The fourth-order valence-corrected chi connectivity index (χ4v) is 5.78. The van der Waals surface area contributed by atoms with Crippen LogP contribution in [0.2, 0.25) is 0 Å². The van der Waals surface area contributed by atoms with Crippen LogP contribution >= 0.6 is 0 Å². The summed E-state index contributed by atoms with van der Waals surface area (Å²) in [5.74, 6) is 1.90. The average Bonchev–Trinajstić information content (AvgIpc) is 2.54. The fraction of sp³-hybridized carbons (Fsp3) is 0.700. The van der Waals surface area contributed by atoms with E-state index >= 15 is 0 Å². The van der Waals surface area contributed by atoms with Gasteiger partial charge < -0.3 is 4.74 Å². The van der Waals surface area contributed by atoms with Gasteiger partial charge in [-0.15, -0.1) is 0 Å². The summed E-state index contributed by atoms with van der Waals surface area (Å²) in [6, 6.07) is 8.31. The highest BCUT2D eigenvalue weighted by atomic mass is 16.5. The Hall–Kier alpha value is -1.02. The van der Waals surface area contributed by atoms with Crippen molar-refractivity contribution in [2.45, 2.75) is 69.9 Å². The van der Waals surface area contributed by atoms with E-state index in [0.29, 0.717) is 11.5 Å². The van der Waals surface area contributed by atoms with Gasteiger partial charge in [0.2, 0.25) is 0 Å². The lowest BCUT2D eigenvalue weighted by atomic mass is 9.52. The maximum Gasteiger partial charge on any atom is 0.119 e. The van der Waals surface area contributed by atoms with Gasteiger partial charge >= 0.3 is 0 Å². The number of nitrogens with zero attached hydrogens (tertiary/aromatic N) is 1. The zero-order chi connectivity index (χ0) is 15.3. The number of benzene rings is 1. The van der Waals surface area contributed by atoms with Crippen molar-refractivity contribution in [3.63, 3.8) is 0 Å². The molecule has 120 valence electrons. The van der Waals surface area contributed by atoms with E-state index in [9.17, 15) is 0 Å². The summed E-state index contributed by atoms with van der Waals surface area (Å²) in [4.78, 5) is 2.79. The molecular formula is C20H29NO. The van der Waals surface area contributed by atoms with Gasteiger partial charge in [-0.05, 0) is 75.3 Å². The summed E-state index contributed by atoms with van der Waals surface area (Å²) >= 11 is 0. The van der Waals surface area contributed by atoms with Gasteiger partial charge in [0.15, 0.2) is 0 Å². The molecule has 2 aliphatic carbocycles. The van der Waals surface area contributed by atoms with E-state index in [2.05, 4.69) is 36.9 Å². The fourth-order valence-electron chi connectivity index (χ4n) is 5.78. The molecule has 4 rings (SSSR count). The second-order valence-electron chi connectivity index (χ2n) is 7.88. The third-order valence-corrected chi connectivity index (χ3v) is 6.75. The summed E-state index contributed by atoms with van der Waals surface area (Å²) in [5.41, 5.74) is 3.67. The molecular weight excluding hydrogens is 270 g/mol. The van der Waals surface area contributed by atoms with Crippen LogP contribution in [0.3, 0.4) is 0 Å². The molecule has 1 saturated carbocycles. The number of ether oxygens (including phenoxy) is 1. The smallest absolute Gasteiger partial charge is 0.119 e. The topological polar surface area (TPSA) is 12.5 Å². The van der Waals surface area contributed by atoms with Crippen LogP contribution in [-0.4, -0.2) is 30.6 Å². The molecule has 1 saturated heterocycles. The first-order valence-electron chi connectivity index (χ1n) is 9.09. The summed E-state index contributed by atoms with van der Waals surface area (Å²) < 4.78 is 5.54. The molecule has 22 heavy (non-hydrogen) atoms. The Labute approximate surface area is 134 Å². The highest BCUT2D eigenvalue weighted by molar-refractivity contribution is 5.45. The summed E-state index contributed by atoms with van der Waals surface area (Å²) in [5, 5.41) is 0. The second-order valence-corrected chi connectivity index (χ2v) is 7.88. The first kappa shape index (κ1) is 14.6. The van der Waals surface area contributed by atoms with Crippen LogP contribution in [-0.2, 0) is 11.8 Å². The number of likely N-dealkylation sites (tertiary alicyclic amines) is 1. The molecule has 2 heteroatoms. The quantitative estimate of drug-likeness (QED) is 0.813. The van der Waals surface area contributed by atoms with Gasteiger partial charge in [0, 0.05) is 17.5 Å². The maximum absolute atomic E-state index is 5.54. The SMILES string of the molecule is COc1ccc2c(c1)C13CCCCC1C(C2)N(C(C)C)CC3. The highest BCUT2D eigenvalue weighted by Crippen LogP contribution is 2.56. The number of hydrogen-bond donors (Lipinski definition) is 0. The Balaban J connectivity index is 1.84. The van der Waals surface area contributed by atoms with Crippen molar-refractivity contribution in [3.05, 3.63) is 29.3 Å². The average molecular weight is 299 g/mol. The molecule has 2 bridgehead atoms. The van der Waals surface area contributed by atoms with E-state index in [4.69, 9.17) is 4.74 Å². The van der Waals surface area contributed by atoms with E-state index in [-0.39, 0.29) is 0 Å². The lowest BCUT2D eigenvalue weighted by Gasteiger charge is -2.60. The minimum absolute atomic E-state index is 0.441. The molecule has 2 nitrogen and oxygen atoms in total. The Bertz CT molecular complexity index is 567. The van der Waals surface area contributed by atoms with Crippen LogP contribution in [0.1, 0.15) is 57.1 Å². The molecule has 0 spiro atoms. The molecule has 1 aliphatic heterocycles. The van der Waals surface area contributed by atoms with Crippen molar-refractivity contribution in [2.75, 3.05) is 13.7 Å². The second kappa shape index (κ2) is 5.26. The van der Waals surface area contributed by atoms with Crippen molar-refractivity contribution in [1.82, 2.24) is 4.90 Å². The van der Waals surface area contributed by atoms with Gasteiger partial charge in [-0.25, -0.2) is 0 Å². The first-order chi connectivity index (χ1) is 10.7. The molecule has 0 N–H and O–H groups in total. The van der Waals surface area contributed by atoms with Crippen molar-refractivity contribution in [2.24, 2.45) is 5.92 Å². The highest BCUT2D eigenvalue weighted by Gasteiger charge is 2.54. The lowest BCUT2D eigenvalue weighted by molar-refractivity contribution is -0.0265. The predicted molar refractivity (Wildman–Crippen MR) is 90.6 cm³/mol.